The van der Waals surface area contributed by atoms with Crippen LogP contribution in [0.2, 0.25) is 0 Å². The molecule has 1 fully saturated rings. The zero-order valence-corrected chi connectivity index (χ0v) is 15.2. The normalized spacial score (nSPS) is 17.4. The van der Waals surface area contributed by atoms with Gasteiger partial charge in [0.25, 0.3) is 0 Å². The Balaban J connectivity index is 1.55. The van der Waals surface area contributed by atoms with E-state index in [-0.39, 0.29) is 24.4 Å². The van der Waals surface area contributed by atoms with Gasteiger partial charge in [0.05, 0.1) is 6.04 Å². The van der Waals surface area contributed by atoms with Gasteiger partial charge in [0.1, 0.15) is 18.5 Å². The summed E-state index contributed by atoms with van der Waals surface area (Å²) in [5.74, 6) is -0.468. The fourth-order valence-corrected chi connectivity index (χ4v) is 3.31. The number of halogens is 1. The van der Waals surface area contributed by atoms with Crippen LogP contribution < -0.4 is 5.32 Å². The van der Waals surface area contributed by atoms with Gasteiger partial charge in [0.2, 0.25) is 5.91 Å². The summed E-state index contributed by atoms with van der Waals surface area (Å²) in [6.07, 6.45) is 1.07. The fraction of sp³-hybridized carbons (Fsp3) is 0.333. The third-order valence-corrected chi connectivity index (χ3v) is 4.71. The van der Waals surface area contributed by atoms with E-state index in [4.69, 9.17) is 4.74 Å². The van der Waals surface area contributed by atoms with Gasteiger partial charge < -0.3 is 15.0 Å². The molecule has 2 aromatic rings. The maximum absolute atomic E-state index is 13.2. The lowest BCUT2D eigenvalue weighted by molar-refractivity contribution is -0.133. The smallest absolute Gasteiger partial charge is 0.408 e. The van der Waals surface area contributed by atoms with E-state index in [1.807, 2.05) is 30.3 Å². The molecule has 3 rings (SSSR count). The highest BCUT2D eigenvalue weighted by Crippen LogP contribution is 2.32. The molecule has 5 nitrogen and oxygen atoms in total. The zero-order valence-electron chi connectivity index (χ0n) is 15.2. The molecular formula is C21H23FN2O3. The van der Waals surface area contributed by atoms with Crippen LogP contribution >= 0.6 is 0 Å². The van der Waals surface area contributed by atoms with Crippen molar-refractivity contribution in [1.82, 2.24) is 10.2 Å². The number of nitrogens with one attached hydrogen (secondary N) is 1. The first-order valence-electron chi connectivity index (χ1n) is 9.08. The Bertz CT molecular complexity index is 780. The molecule has 0 spiro atoms. The van der Waals surface area contributed by atoms with Crippen LogP contribution in [-0.4, -0.2) is 29.5 Å². The van der Waals surface area contributed by atoms with Crippen molar-refractivity contribution in [3.05, 3.63) is 71.5 Å². The van der Waals surface area contributed by atoms with Gasteiger partial charge >= 0.3 is 6.09 Å². The molecule has 27 heavy (non-hydrogen) atoms. The summed E-state index contributed by atoms with van der Waals surface area (Å²) >= 11 is 0. The molecule has 0 radical (unpaired) electrons. The molecule has 0 aromatic heterocycles. The number of carbonyl (C=O) groups excluding carboxylic acids is 2. The molecule has 1 saturated heterocycles. The molecular weight excluding hydrogens is 347 g/mol. The monoisotopic (exact) mass is 370 g/mol. The van der Waals surface area contributed by atoms with E-state index in [9.17, 15) is 14.0 Å². The Labute approximate surface area is 158 Å². The first kappa shape index (κ1) is 18.9. The Kier molecular flexibility index (Phi) is 6.06. The van der Waals surface area contributed by atoms with Crippen LogP contribution in [0.1, 0.15) is 36.9 Å². The molecule has 1 heterocycles. The van der Waals surface area contributed by atoms with E-state index >= 15 is 0 Å². The summed E-state index contributed by atoms with van der Waals surface area (Å²) in [4.78, 5) is 26.5. The molecule has 2 amide bonds. The summed E-state index contributed by atoms with van der Waals surface area (Å²) in [5, 5.41) is 2.60. The molecule has 0 saturated carbocycles. The first-order chi connectivity index (χ1) is 13.0. The number of hydrogen-bond donors (Lipinski definition) is 1. The second-order valence-corrected chi connectivity index (χ2v) is 6.67. The van der Waals surface area contributed by atoms with Gasteiger partial charge in [-0.15, -0.1) is 0 Å². The molecule has 142 valence electrons. The Hall–Kier alpha value is -2.89. The van der Waals surface area contributed by atoms with Crippen molar-refractivity contribution < 1.29 is 18.7 Å². The summed E-state index contributed by atoms with van der Waals surface area (Å²) < 4.78 is 18.3. The quantitative estimate of drug-likeness (QED) is 0.871. The summed E-state index contributed by atoms with van der Waals surface area (Å²) in [5.41, 5.74) is 1.78. The maximum Gasteiger partial charge on any atom is 0.408 e. The van der Waals surface area contributed by atoms with Crippen LogP contribution in [0.3, 0.4) is 0 Å². The highest BCUT2D eigenvalue weighted by Gasteiger charge is 2.33. The van der Waals surface area contributed by atoms with E-state index in [1.54, 1.807) is 24.0 Å². The lowest BCUT2D eigenvalue weighted by Crippen LogP contribution is -2.46. The van der Waals surface area contributed by atoms with Gasteiger partial charge in [-0.1, -0.05) is 42.5 Å². The number of ether oxygens (including phenoxy) is 1. The molecule has 1 aliphatic rings. The molecule has 2 atom stereocenters. The highest BCUT2D eigenvalue weighted by atomic mass is 19.1. The predicted molar refractivity (Wildman–Crippen MR) is 99.3 cm³/mol. The number of nitrogens with zero attached hydrogens (tertiary/aromatic N) is 1. The van der Waals surface area contributed by atoms with Crippen molar-refractivity contribution in [2.75, 3.05) is 6.54 Å². The van der Waals surface area contributed by atoms with Crippen LogP contribution in [0.15, 0.2) is 54.6 Å². The fourth-order valence-electron chi connectivity index (χ4n) is 3.31. The number of carbonyl (C=O) groups is 2. The topological polar surface area (TPSA) is 58.6 Å². The largest absolute Gasteiger partial charge is 0.445 e. The van der Waals surface area contributed by atoms with Crippen LogP contribution in [0.5, 0.6) is 0 Å². The number of alkyl carbamates (subject to hydrolysis) is 1. The van der Waals surface area contributed by atoms with Crippen LogP contribution in [0.25, 0.3) is 0 Å². The van der Waals surface area contributed by atoms with E-state index in [2.05, 4.69) is 5.32 Å². The van der Waals surface area contributed by atoms with Crippen molar-refractivity contribution in [1.29, 1.82) is 0 Å². The van der Waals surface area contributed by atoms with Crippen molar-refractivity contribution in [2.45, 2.75) is 38.5 Å². The number of amides is 2. The van der Waals surface area contributed by atoms with Crippen molar-refractivity contribution in [3.63, 3.8) is 0 Å². The lowest BCUT2D eigenvalue weighted by Gasteiger charge is -2.28. The molecule has 2 aromatic carbocycles. The van der Waals surface area contributed by atoms with Crippen molar-refractivity contribution >= 4 is 12.0 Å². The van der Waals surface area contributed by atoms with E-state index in [1.165, 1.54) is 12.1 Å². The minimum atomic E-state index is -0.700. The first-order valence-corrected chi connectivity index (χ1v) is 9.08. The van der Waals surface area contributed by atoms with E-state index < -0.39 is 12.1 Å². The molecule has 1 aliphatic heterocycles. The molecule has 0 unspecified atom stereocenters. The van der Waals surface area contributed by atoms with E-state index in [0.717, 1.165) is 24.0 Å². The van der Waals surface area contributed by atoms with Gasteiger partial charge in [0, 0.05) is 6.54 Å². The summed E-state index contributed by atoms with van der Waals surface area (Å²) in [7, 11) is 0. The molecule has 1 N–H and O–H groups in total. The molecule has 6 heteroatoms. The lowest BCUT2D eigenvalue weighted by atomic mass is 10.0. The predicted octanol–water partition coefficient (Wildman–Crippen LogP) is 3.80. The third kappa shape index (κ3) is 4.84. The van der Waals surface area contributed by atoms with Gasteiger partial charge in [-0.2, -0.15) is 0 Å². The zero-order chi connectivity index (χ0) is 19.2. The Morgan fingerprint density at radius 1 is 1.19 bits per heavy atom. The summed E-state index contributed by atoms with van der Waals surface area (Å²) in [6, 6.07) is 14.8. The average Bonchev–Trinajstić information content (AvgIpc) is 3.17. The van der Waals surface area contributed by atoms with Gasteiger partial charge in [0.15, 0.2) is 0 Å². The Morgan fingerprint density at radius 3 is 2.59 bits per heavy atom. The van der Waals surface area contributed by atoms with Crippen LogP contribution in [0, 0.1) is 5.82 Å². The van der Waals surface area contributed by atoms with Gasteiger partial charge in [-0.3, -0.25) is 4.79 Å². The van der Waals surface area contributed by atoms with Crippen molar-refractivity contribution in [2.24, 2.45) is 0 Å². The van der Waals surface area contributed by atoms with Crippen LogP contribution in [-0.2, 0) is 16.1 Å². The standard InChI is InChI=1S/C21H23FN2O3/c1-15(23-21(26)27-14-16-6-3-2-4-7-16)20(25)24-13-5-8-19(24)17-9-11-18(22)12-10-17/h2-4,6-7,9-12,15,19H,5,8,13-14H2,1H3,(H,23,26)/t15-,19-/m0/s1. The minimum absolute atomic E-state index is 0.0947. The highest BCUT2D eigenvalue weighted by molar-refractivity contribution is 5.85. The van der Waals surface area contributed by atoms with Crippen molar-refractivity contribution in [3.8, 4) is 0 Å². The second-order valence-electron chi connectivity index (χ2n) is 6.67. The number of rotatable bonds is 5. The summed E-state index contributed by atoms with van der Waals surface area (Å²) in [6.45, 7) is 2.41. The average molecular weight is 370 g/mol. The second kappa shape index (κ2) is 8.66. The number of likely N-dealkylation sites (tertiary alicyclic amines) is 1. The number of hydrogen-bond acceptors (Lipinski definition) is 3. The van der Waals surface area contributed by atoms with Gasteiger partial charge in [-0.25, -0.2) is 9.18 Å². The maximum atomic E-state index is 13.2. The molecule has 0 bridgehead atoms. The van der Waals surface area contributed by atoms with Gasteiger partial charge in [-0.05, 0) is 43.0 Å². The minimum Gasteiger partial charge on any atom is -0.445 e. The molecule has 0 aliphatic carbocycles. The van der Waals surface area contributed by atoms with Crippen LogP contribution in [0.4, 0.5) is 9.18 Å². The SMILES string of the molecule is C[C@H](NC(=O)OCc1ccccc1)C(=O)N1CCC[C@H]1c1ccc(F)cc1. The Morgan fingerprint density at radius 2 is 1.89 bits per heavy atom. The number of benzene rings is 2. The van der Waals surface area contributed by atoms with E-state index in [0.29, 0.717) is 6.54 Å². The third-order valence-electron chi connectivity index (χ3n) is 4.71.